The maximum absolute atomic E-state index is 12.1. The Hall–Kier alpha value is -1.32. The number of rotatable bonds is 52. The summed E-state index contributed by atoms with van der Waals surface area (Å²) in [5.74, 6) is -0.630. The Morgan fingerprint density at radius 2 is 0.559 bits per heavy atom. The van der Waals surface area contributed by atoms with E-state index < -0.39 is 5.97 Å². The summed E-state index contributed by atoms with van der Waals surface area (Å²) < 4.78 is 5.50. The summed E-state index contributed by atoms with van der Waals surface area (Å²) in [6, 6.07) is 0. The Morgan fingerprint density at radius 3 is 0.847 bits per heavy atom. The van der Waals surface area contributed by atoms with Gasteiger partial charge in [-0.3, -0.25) is 9.59 Å². The maximum Gasteiger partial charge on any atom is 0.305 e. The van der Waals surface area contributed by atoms with Crippen LogP contribution in [-0.2, 0) is 14.3 Å². The van der Waals surface area contributed by atoms with Crippen LogP contribution in [0.1, 0.15) is 322 Å². The van der Waals surface area contributed by atoms with E-state index in [0.717, 1.165) is 25.7 Å². The van der Waals surface area contributed by atoms with Crippen molar-refractivity contribution < 1.29 is 19.4 Å². The molecule has 0 aliphatic carbocycles. The van der Waals surface area contributed by atoms with Crippen molar-refractivity contribution in [2.24, 2.45) is 0 Å². The lowest BCUT2D eigenvalue weighted by Crippen LogP contribution is -2.05. The minimum Gasteiger partial charge on any atom is -0.481 e. The van der Waals surface area contributed by atoms with Crippen LogP contribution in [0.4, 0.5) is 0 Å². The molecule has 4 nitrogen and oxygen atoms in total. The van der Waals surface area contributed by atoms with Crippen LogP contribution >= 0.6 is 0 Å². The number of allylic oxidation sites excluding steroid dienone is 2. The molecule has 0 amide bonds. The standard InChI is InChI=1S/C55H106O4/c1-2-3-4-5-6-7-8-9-10-11-12-21-25-28-31-34-37-40-43-46-49-52-55(58)59-53-50-47-44-41-38-35-32-29-26-23-20-18-16-14-13-15-17-19-22-24-27-30-33-36-39-42-45-48-51-54(56)57/h9-10H,2-8,11-53H2,1H3,(H,56,57). The molecule has 0 rings (SSSR count). The molecule has 0 unspecified atom stereocenters. The van der Waals surface area contributed by atoms with Crippen molar-refractivity contribution in [3.05, 3.63) is 12.2 Å². The van der Waals surface area contributed by atoms with E-state index >= 15 is 0 Å². The van der Waals surface area contributed by atoms with Crippen LogP contribution < -0.4 is 0 Å². The first-order valence-corrected chi connectivity index (χ1v) is 27.2. The highest BCUT2D eigenvalue weighted by atomic mass is 16.5. The zero-order chi connectivity index (χ0) is 42.6. The Balaban J connectivity index is 3.16. The summed E-state index contributed by atoms with van der Waals surface area (Å²) in [5.41, 5.74) is 0. The fraction of sp³-hybridized carbons (Fsp3) is 0.927. The molecular formula is C55H106O4. The topological polar surface area (TPSA) is 63.6 Å². The molecule has 0 atom stereocenters. The number of unbranched alkanes of at least 4 members (excludes halogenated alkanes) is 44. The zero-order valence-corrected chi connectivity index (χ0v) is 40.2. The fourth-order valence-corrected chi connectivity index (χ4v) is 8.63. The molecule has 0 aliphatic heterocycles. The smallest absolute Gasteiger partial charge is 0.305 e. The van der Waals surface area contributed by atoms with Gasteiger partial charge in [0.2, 0.25) is 0 Å². The van der Waals surface area contributed by atoms with Gasteiger partial charge in [0.1, 0.15) is 0 Å². The summed E-state index contributed by atoms with van der Waals surface area (Å²) in [7, 11) is 0. The minimum absolute atomic E-state index is 0.0230. The summed E-state index contributed by atoms with van der Waals surface area (Å²) >= 11 is 0. The summed E-state index contributed by atoms with van der Waals surface area (Å²) in [6.45, 7) is 2.91. The molecule has 4 heteroatoms. The second kappa shape index (κ2) is 52.8. The van der Waals surface area contributed by atoms with Crippen molar-refractivity contribution in [3.8, 4) is 0 Å². The van der Waals surface area contributed by atoms with Crippen molar-refractivity contribution in [1.82, 2.24) is 0 Å². The predicted molar refractivity (Wildman–Crippen MR) is 260 cm³/mol. The lowest BCUT2D eigenvalue weighted by Gasteiger charge is -2.06. The van der Waals surface area contributed by atoms with Gasteiger partial charge in [-0.05, 0) is 44.9 Å². The van der Waals surface area contributed by atoms with Gasteiger partial charge in [-0.25, -0.2) is 0 Å². The van der Waals surface area contributed by atoms with Crippen LogP contribution in [0.5, 0.6) is 0 Å². The van der Waals surface area contributed by atoms with Crippen molar-refractivity contribution >= 4 is 11.9 Å². The number of hydrogen-bond acceptors (Lipinski definition) is 3. The molecule has 1 N–H and O–H groups in total. The molecule has 0 bridgehead atoms. The minimum atomic E-state index is -0.653. The Kier molecular flexibility index (Phi) is 51.6. The number of carboxylic acids is 1. The highest BCUT2D eigenvalue weighted by molar-refractivity contribution is 5.69. The molecule has 0 aromatic carbocycles. The normalized spacial score (nSPS) is 11.6. The Labute approximate surface area is 370 Å². The van der Waals surface area contributed by atoms with E-state index in [4.69, 9.17) is 9.84 Å². The molecule has 0 saturated heterocycles. The van der Waals surface area contributed by atoms with Gasteiger partial charge in [0, 0.05) is 12.8 Å². The number of carbonyl (C=O) groups excluding carboxylic acids is 1. The molecule has 0 aromatic heterocycles. The lowest BCUT2D eigenvalue weighted by molar-refractivity contribution is -0.144. The number of aliphatic carboxylic acids is 1. The van der Waals surface area contributed by atoms with Gasteiger partial charge in [0.25, 0.3) is 0 Å². The van der Waals surface area contributed by atoms with Crippen molar-refractivity contribution in [2.75, 3.05) is 6.61 Å². The third-order valence-electron chi connectivity index (χ3n) is 12.7. The van der Waals surface area contributed by atoms with Gasteiger partial charge >= 0.3 is 11.9 Å². The van der Waals surface area contributed by atoms with E-state index in [1.54, 1.807) is 0 Å². The van der Waals surface area contributed by atoms with E-state index in [2.05, 4.69) is 19.1 Å². The molecule has 0 aliphatic rings. The van der Waals surface area contributed by atoms with Crippen LogP contribution in [0.15, 0.2) is 12.2 Å². The first-order valence-electron chi connectivity index (χ1n) is 27.2. The van der Waals surface area contributed by atoms with Crippen LogP contribution in [0.2, 0.25) is 0 Å². The first-order chi connectivity index (χ1) is 29.2. The predicted octanol–water partition coefficient (Wildman–Crippen LogP) is 19.3. The highest BCUT2D eigenvalue weighted by Gasteiger charge is 2.03. The maximum atomic E-state index is 12.1. The third kappa shape index (κ3) is 54.7. The van der Waals surface area contributed by atoms with Gasteiger partial charge in [-0.15, -0.1) is 0 Å². The van der Waals surface area contributed by atoms with E-state index in [1.807, 2.05) is 0 Å². The SMILES string of the molecule is CCCCCCCCC=CCCCCCCCCCCCCCC(=O)OCCCCCCCCCCCCCCCCCCCCCCCCCCCCCCC(=O)O. The summed E-state index contributed by atoms with van der Waals surface area (Å²) in [5, 5.41) is 8.67. The largest absolute Gasteiger partial charge is 0.481 e. The van der Waals surface area contributed by atoms with Crippen LogP contribution in [0, 0.1) is 0 Å². The van der Waals surface area contributed by atoms with Gasteiger partial charge in [0.05, 0.1) is 6.61 Å². The van der Waals surface area contributed by atoms with Crippen molar-refractivity contribution in [2.45, 2.75) is 322 Å². The number of ether oxygens (including phenoxy) is 1. The molecular weight excluding hydrogens is 725 g/mol. The van der Waals surface area contributed by atoms with Crippen molar-refractivity contribution in [1.29, 1.82) is 0 Å². The van der Waals surface area contributed by atoms with Gasteiger partial charge < -0.3 is 9.84 Å². The summed E-state index contributed by atoms with van der Waals surface area (Å²) in [4.78, 5) is 22.6. The van der Waals surface area contributed by atoms with Gasteiger partial charge in [0.15, 0.2) is 0 Å². The number of hydrogen-bond donors (Lipinski definition) is 1. The Morgan fingerprint density at radius 1 is 0.322 bits per heavy atom. The zero-order valence-electron chi connectivity index (χ0n) is 40.2. The van der Waals surface area contributed by atoms with Gasteiger partial charge in [-0.2, -0.15) is 0 Å². The van der Waals surface area contributed by atoms with Crippen LogP contribution in [0.25, 0.3) is 0 Å². The van der Waals surface area contributed by atoms with E-state index in [1.165, 1.54) is 276 Å². The number of carboxylic acid groups (broad SMARTS) is 1. The average Bonchev–Trinajstić information content (AvgIpc) is 3.23. The van der Waals surface area contributed by atoms with Crippen molar-refractivity contribution in [3.63, 3.8) is 0 Å². The molecule has 59 heavy (non-hydrogen) atoms. The molecule has 0 fully saturated rings. The average molecular weight is 831 g/mol. The second-order valence-corrected chi connectivity index (χ2v) is 18.7. The number of esters is 1. The summed E-state index contributed by atoms with van der Waals surface area (Å²) in [6.07, 6.45) is 68.8. The second-order valence-electron chi connectivity index (χ2n) is 18.7. The molecule has 0 saturated carbocycles. The van der Waals surface area contributed by atoms with E-state index in [-0.39, 0.29) is 5.97 Å². The molecule has 0 radical (unpaired) electrons. The lowest BCUT2D eigenvalue weighted by atomic mass is 10.0. The molecule has 0 aromatic rings. The van der Waals surface area contributed by atoms with Crippen LogP contribution in [0.3, 0.4) is 0 Å². The van der Waals surface area contributed by atoms with E-state index in [9.17, 15) is 9.59 Å². The monoisotopic (exact) mass is 831 g/mol. The quantitative estimate of drug-likeness (QED) is 0.0377. The molecule has 350 valence electrons. The number of carbonyl (C=O) groups is 2. The molecule has 0 spiro atoms. The fourth-order valence-electron chi connectivity index (χ4n) is 8.63. The highest BCUT2D eigenvalue weighted by Crippen LogP contribution is 2.18. The third-order valence-corrected chi connectivity index (χ3v) is 12.7. The Bertz CT molecular complexity index is 837. The van der Waals surface area contributed by atoms with E-state index in [0.29, 0.717) is 19.4 Å². The first kappa shape index (κ1) is 57.7. The molecule has 0 heterocycles. The van der Waals surface area contributed by atoms with Crippen LogP contribution in [-0.4, -0.2) is 23.7 Å². The van der Waals surface area contributed by atoms with Gasteiger partial charge in [-0.1, -0.05) is 276 Å².